The summed E-state index contributed by atoms with van der Waals surface area (Å²) in [4.78, 5) is 20.2. The largest absolute Gasteiger partial charge is 0.435 e. The van der Waals surface area contributed by atoms with E-state index < -0.39 is 29.3 Å². The number of rotatable bonds is 6. The van der Waals surface area contributed by atoms with Gasteiger partial charge in [0.15, 0.2) is 5.69 Å². The molecule has 3 aromatic rings. The molecule has 12 heteroatoms. The summed E-state index contributed by atoms with van der Waals surface area (Å²) in [5, 5.41) is 7.29. The quantitative estimate of drug-likeness (QED) is 0.646. The average Bonchev–Trinajstić information content (AvgIpc) is 3.31. The minimum atomic E-state index is -4.80. The second kappa shape index (κ2) is 7.86. The first-order valence-corrected chi connectivity index (χ1v) is 8.81. The van der Waals surface area contributed by atoms with Crippen molar-refractivity contribution in [3.63, 3.8) is 0 Å². The predicted octanol–water partition coefficient (Wildman–Crippen LogP) is 2.84. The van der Waals surface area contributed by atoms with Crippen molar-refractivity contribution >= 4 is 5.91 Å². The van der Waals surface area contributed by atoms with Gasteiger partial charge >= 0.3 is 6.18 Å². The van der Waals surface area contributed by atoms with Gasteiger partial charge in [0.2, 0.25) is 11.7 Å². The van der Waals surface area contributed by atoms with Gasteiger partial charge in [-0.1, -0.05) is 5.16 Å². The van der Waals surface area contributed by atoms with Crippen LogP contribution in [-0.2, 0) is 18.0 Å². The number of pyridine rings is 1. The Kier molecular flexibility index (Phi) is 5.61. The van der Waals surface area contributed by atoms with Crippen LogP contribution in [0.1, 0.15) is 59.2 Å². The summed E-state index contributed by atoms with van der Waals surface area (Å²) in [5.74, 6) is -2.10. The van der Waals surface area contributed by atoms with Crippen LogP contribution in [0, 0.1) is 0 Å². The molecule has 30 heavy (non-hydrogen) atoms. The summed E-state index contributed by atoms with van der Waals surface area (Å²) in [6, 6.07) is 3.32. The molecular formula is C18H19F3N6O3. The lowest BCUT2D eigenvalue weighted by Gasteiger charge is -2.11. The molecule has 0 aliphatic rings. The third-order valence-electron chi connectivity index (χ3n) is 4.64. The normalized spacial score (nSPS) is 14.0. The third kappa shape index (κ3) is 3.90. The molecule has 3 aromatic heterocycles. The van der Waals surface area contributed by atoms with Gasteiger partial charge in [-0.2, -0.15) is 23.3 Å². The number of halogens is 3. The lowest BCUT2D eigenvalue weighted by atomic mass is 9.97. The Labute approximate surface area is 169 Å². The Hall–Kier alpha value is -3.28. The lowest BCUT2D eigenvalue weighted by Crippen LogP contribution is -2.19. The lowest BCUT2D eigenvalue weighted by molar-refractivity contribution is -0.142. The van der Waals surface area contributed by atoms with Crippen LogP contribution in [0.5, 0.6) is 0 Å². The molecule has 9 nitrogen and oxygen atoms in total. The third-order valence-corrected chi connectivity index (χ3v) is 4.64. The molecule has 3 heterocycles. The van der Waals surface area contributed by atoms with Gasteiger partial charge in [0.25, 0.3) is 5.91 Å². The molecule has 0 aliphatic heterocycles. The van der Waals surface area contributed by atoms with Crippen LogP contribution in [0.4, 0.5) is 13.2 Å². The summed E-state index contributed by atoms with van der Waals surface area (Å²) in [5.41, 5.74) is 4.43. The number of amides is 1. The van der Waals surface area contributed by atoms with E-state index in [2.05, 4.69) is 20.2 Å². The number of aromatic nitrogens is 5. The Morgan fingerprint density at radius 1 is 1.33 bits per heavy atom. The molecule has 0 fully saturated rings. The van der Waals surface area contributed by atoms with Crippen LogP contribution in [-0.4, -0.2) is 37.9 Å². The molecule has 3 rings (SSSR count). The van der Waals surface area contributed by atoms with Crippen LogP contribution < -0.4 is 5.73 Å². The van der Waals surface area contributed by atoms with Gasteiger partial charge in [0, 0.05) is 31.5 Å². The van der Waals surface area contributed by atoms with Crippen molar-refractivity contribution in [2.24, 2.45) is 12.8 Å². The van der Waals surface area contributed by atoms with E-state index in [1.807, 2.05) is 6.92 Å². The second-order valence-electron chi connectivity index (χ2n) is 6.62. The van der Waals surface area contributed by atoms with E-state index in [-0.39, 0.29) is 23.5 Å². The fourth-order valence-corrected chi connectivity index (χ4v) is 3.03. The van der Waals surface area contributed by atoms with E-state index >= 15 is 0 Å². The van der Waals surface area contributed by atoms with Crippen molar-refractivity contribution in [1.82, 2.24) is 24.9 Å². The maximum Gasteiger partial charge on any atom is 0.435 e. The highest BCUT2D eigenvalue weighted by molar-refractivity contribution is 5.93. The second-order valence-corrected chi connectivity index (χ2v) is 6.62. The Morgan fingerprint density at radius 2 is 2.03 bits per heavy atom. The highest BCUT2D eigenvalue weighted by atomic mass is 19.4. The molecular weight excluding hydrogens is 405 g/mol. The zero-order valence-corrected chi connectivity index (χ0v) is 16.6. The molecule has 0 spiro atoms. The van der Waals surface area contributed by atoms with E-state index in [0.717, 1.165) is 4.68 Å². The maximum absolute atomic E-state index is 13.5. The molecule has 0 bridgehead atoms. The van der Waals surface area contributed by atoms with Crippen LogP contribution in [0.25, 0.3) is 11.4 Å². The van der Waals surface area contributed by atoms with Crippen LogP contribution >= 0.6 is 0 Å². The topological polar surface area (TPSA) is 122 Å². The van der Waals surface area contributed by atoms with E-state index in [4.69, 9.17) is 15.0 Å². The van der Waals surface area contributed by atoms with Crippen molar-refractivity contribution in [3.05, 3.63) is 46.9 Å². The number of hydrogen-bond donors (Lipinski definition) is 1. The fraction of sp³-hybridized carbons (Fsp3) is 0.389. The van der Waals surface area contributed by atoms with Gasteiger partial charge in [-0.15, -0.1) is 0 Å². The first kappa shape index (κ1) is 21.4. The number of carbonyl (C=O) groups excluding carboxylic acids is 1. The number of alkyl halides is 3. The van der Waals surface area contributed by atoms with Crippen molar-refractivity contribution in [2.75, 3.05) is 7.11 Å². The van der Waals surface area contributed by atoms with Crippen LogP contribution in [0.15, 0.2) is 22.9 Å². The smallest absolute Gasteiger partial charge is 0.375 e. The van der Waals surface area contributed by atoms with Gasteiger partial charge in [-0.3, -0.25) is 14.5 Å². The first-order chi connectivity index (χ1) is 14.0. The highest BCUT2D eigenvalue weighted by Gasteiger charge is 2.42. The summed E-state index contributed by atoms with van der Waals surface area (Å²) in [7, 11) is 2.75. The van der Waals surface area contributed by atoms with E-state index in [1.54, 1.807) is 12.1 Å². The van der Waals surface area contributed by atoms with Crippen molar-refractivity contribution in [3.8, 4) is 11.4 Å². The van der Waals surface area contributed by atoms with Gasteiger partial charge in [0.1, 0.15) is 5.69 Å². The van der Waals surface area contributed by atoms with Crippen LogP contribution in [0.2, 0.25) is 0 Å². The number of carbonyl (C=O) groups is 1. The summed E-state index contributed by atoms with van der Waals surface area (Å²) in [6.07, 6.45) is -3.54. The van der Waals surface area contributed by atoms with Gasteiger partial charge in [0.05, 0.1) is 17.7 Å². The zero-order chi connectivity index (χ0) is 22.2. The highest BCUT2D eigenvalue weighted by Crippen LogP contribution is 2.38. The first-order valence-electron chi connectivity index (χ1n) is 8.81. The number of ether oxygens (including phenoxy) is 1. The van der Waals surface area contributed by atoms with Crippen molar-refractivity contribution in [2.45, 2.75) is 32.0 Å². The standard InChI is InChI=1S/C18H19F3N6O3/c1-8(12-13(15(22)28)27(3)25-14(12)18(19,20)21)17-24-16(26-30-17)10-5-6-23-11(7-10)9(2)29-4/h5-9H,1-4H3,(H2,22,28)/t8-,9-/m0/s1. The SMILES string of the molecule is CO[C@@H](C)c1cc(-c2noc([C@@H](C)c3c(C(F)(F)F)nn(C)c3C(N)=O)n2)ccn1. The number of aryl methyl sites for hydroxylation is 1. The Balaban J connectivity index is 2.04. The molecule has 0 aromatic carbocycles. The Morgan fingerprint density at radius 3 is 2.63 bits per heavy atom. The molecule has 0 radical (unpaired) electrons. The minimum Gasteiger partial charge on any atom is -0.375 e. The molecule has 0 unspecified atom stereocenters. The molecule has 0 saturated carbocycles. The zero-order valence-electron chi connectivity index (χ0n) is 16.6. The van der Waals surface area contributed by atoms with Gasteiger partial charge in [-0.25, -0.2) is 0 Å². The van der Waals surface area contributed by atoms with E-state index in [1.165, 1.54) is 27.3 Å². The monoisotopic (exact) mass is 424 g/mol. The average molecular weight is 424 g/mol. The van der Waals surface area contributed by atoms with Crippen LogP contribution in [0.3, 0.4) is 0 Å². The summed E-state index contributed by atoms with van der Waals surface area (Å²) >= 11 is 0. The maximum atomic E-state index is 13.5. The predicted molar refractivity (Wildman–Crippen MR) is 97.2 cm³/mol. The number of nitrogens with two attached hydrogens (primary N) is 1. The van der Waals surface area contributed by atoms with E-state index in [9.17, 15) is 18.0 Å². The van der Waals surface area contributed by atoms with Gasteiger partial charge in [-0.05, 0) is 26.0 Å². The molecule has 160 valence electrons. The summed E-state index contributed by atoms with van der Waals surface area (Å²) in [6.45, 7) is 3.21. The van der Waals surface area contributed by atoms with E-state index in [0.29, 0.717) is 11.3 Å². The van der Waals surface area contributed by atoms with Crippen molar-refractivity contribution in [1.29, 1.82) is 0 Å². The number of primary amides is 1. The molecule has 2 N–H and O–H groups in total. The number of hydrogen-bond acceptors (Lipinski definition) is 7. The van der Waals surface area contributed by atoms with Crippen molar-refractivity contribution < 1.29 is 27.2 Å². The fourth-order valence-electron chi connectivity index (χ4n) is 3.03. The van der Waals surface area contributed by atoms with Gasteiger partial charge < -0.3 is 15.0 Å². The molecule has 2 atom stereocenters. The number of nitrogens with zero attached hydrogens (tertiary/aromatic N) is 5. The molecule has 0 saturated heterocycles. The Bertz CT molecular complexity index is 1080. The minimum absolute atomic E-state index is 0.121. The number of methoxy groups -OCH3 is 1. The molecule has 0 aliphatic carbocycles. The summed E-state index contributed by atoms with van der Waals surface area (Å²) < 4.78 is 51.7. The molecule has 1 amide bonds.